The molecule has 0 saturated carbocycles. The maximum atomic E-state index is 6.09. The fourth-order valence-corrected chi connectivity index (χ4v) is 2.11. The third-order valence-corrected chi connectivity index (χ3v) is 3.78. The van der Waals surface area contributed by atoms with Crippen LogP contribution in [0.25, 0.3) is 11.3 Å². The minimum absolute atomic E-state index is 0.519. The number of hydrogen-bond acceptors (Lipinski definition) is 3. The molecule has 0 fully saturated rings. The van der Waals surface area contributed by atoms with Crippen molar-refractivity contribution in [1.29, 1.82) is 0 Å². The first kappa shape index (κ1) is 15.1. The van der Waals surface area contributed by atoms with Crippen molar-refractivity contribution in [3.8, 4) is 11.3 Å². The molecule has 1 aromatic heterocycles. The molecule has 106 valence electrons. The van der Waals surface area contributed by atoms with Gasteiger partial charge in [-0.2, -0.15) is 0 Å². The molecule has 0 unspecified atom stereocenters. The second kappa shape index (κ2) is 6.42. The van der Waals surface area contributed by atoms with E-state index < -0.39 is 0 Å². The van der Waals surface area contributed by atoms with Crippen LogP contribution in [0.2, 0.25) is 10.0 Å². The van der Waals surface area contributed by atoms with Gasteiger partial charge in [-0.15, -0.1) is 0 Å². The SMILES string of the molecule is CCCNc1nc(C)c(C)nc1-c1ccc(Cl)c(Cl)c1. The van der Waals surface area contributed by atoms with Crippen LogP contribution in [0.3, 0.4) is 0 Å². The summed E-state index contributed by atoms with van der Waals surface area (Å²) in [7, 11) is 0. The van der Waals surface area contributed by atoms with Gasteiger partial charge in [0.15, 0.2) is 5.82 Å². The summed E-state index contributed by atoms with van der Waals surface area (Å²) in [5.74, 6) is 0.785. The molecule has 0 aliphatic rings. The van der Waals surface area contributed by atoms with Gasteiger partial charge in [-0.25, -0.2) is 9.97 Å². The van der Waals surface area contributed by atoms with Gasteiger partial charge in [0.1, 0.15) is 5.69 Å². The summed E-state index contributed by atoms with van der Waals surface area (Å²) in [5.41, 5.74) is 3.55. The molecular weight excluding hydrogens is 293 g/mol. The van der Waals surface area contributed by atoms with E-state index in [4.69, 9.17) is 23.2 Å². The van der Waals surface area contributed by atoms with Crippen LogP contribution in [0.1, 0.15) is 24.7 Å². The second-order valence-electron chi connectivity index (χ2n) is 4.65. The van der Waals surface area contributed by atoms with Crippen LogP contribution in [-0.4, -0.2) is 16.5 Å². The molecule has 5 heteroatoms. The Kier molecular flexibility index (Phi) is 4.84. The van der Waals surface area contributed by atoms with Crippen molar-refractivity contribution < 1.29 is 0 Å². The Hall–Kier alpha value is -1.32. The second-order valence-corrected chi connectivity index (χ2v) is 5.46. The van der Waals surface area contributed by atoms with E-state index in [1.54, 1.807) is 6.07 Å². The van der Waals surface area contributed by atoms with E-state index in [0.29, 0.717) is 10.0 Å². The Balaban J connectivity index is 2.52. The molecule has 0 spiro atoms. The predicted octanol–water partition coefficient (Wildman–Crippen LogP) is 4.89. The van der Waals surface area contributed by atoms with Crippen LogP contribution in [0.5, 0.6) is 0 Å². The molecule has 1 N–H and O–H groups in total. The van der Waals surface area contributed by atoms with Crippen molar-refractivity contribution >= 4 is 29.0 Å². The van der Waals surface area contributed by atoms with Gasteiger partial charge in [0, 0.05) is 12.1 Å². The van der Waals surface area contributed by atoms with E-state index >= 15 is 0 Å². The standard InChI is InChI=1S/C15H17Cl2N3/c1-4-7-18-15-14(19-9(2)10(3)20-15)11-5-6-12(16)13(17)8-11/h5-6,8H,4,7H2,1-3H3,(H,18,20). The molecule has 1 heterocycles. The van der Waals surface area contributed by atoms with Crippen molar-refractivity contribution in [3.63, 3.8) is 0 Å². The lowest BCUT2D eigenvalue weighted by Gasteiger charge is -2.13. The van der Waals surface area contributed by atoms with Gasteiger partial charge in [0.2, 0.25) is 0 Å². The van der Waals surface area contributed by atoms with Gasteiger partial charge < -0.3 is 5.32 Å². The zero-order valence-corrected chi connectivity index (χ0v) is 13.3. The molecular formula is C15H17Cl2N3. The first-order chi connectivity index (χ1) is 9.52. The number of nitrogens with zero attached hydrogens (tertiary/aromatic N) is 2. The molecule has 3 nitrogen and oxygen atoms in total. The molecule has 2 rings (SSSR count). The van der Waals surface area contributed by atoms with E-state index in [0.717, 1.165) is 41.4 Å². The highest BCUT2D eigenvalue weighted by Gasteiger charge is 2.12. The molecule has 20 heavy (non-hydrogen) atoms. The molecule has 0 amide bonds. The lowest BCUT2D eigenvalue weighted by atomic mass is 10.1. The van der Waals surface area contributed by atoms with Crippen LogP contribution >= 0.6 is 23.2 Å². The van der Waals surface area contributed by atoms with Gasteiger partial charge in [-0.1, -0.05) is 36.2 Å². The van der Waals surface area contributed by atoms with Gasteiger partial charge in [0.25, 0.3) is 0 Å². The number of nitrogens with one attached hydrogen (secondary N) is 1. The van der Waals surface area contributed by atoms with E-state index in [-0.39, 0.29) is 0 Å². The van der Waals surface area contributed by atoms with Gasteiger partial charge >= 0.3 is 0 Å². The summed E-state index contributed by atoms with van der Waals surface area (Å²) in [4.78, 5) is 9.23. The Morgan fingerprint density at radius 3 is 2.40 bits per heavy atom. The summed E-state index contributed by atoms with van der Waals surface area (Å²) in [6, 6.07) is 5.50. The Morgan fingerprint density at radius 1 is 1.05 bits per heavy atom. The number of aryl methyl sites for hydroxylation is 2. The zero-order chi connectivity index (χ0) is 14.7. The van der Waals surface area contributed by atoms with Crippen LogP contribution in [0.15, 0.2) is 18.2 Å². The monoisotopic (exact) mass is 309 g/mol. The number of halogens is 2. The Bertz CT molecular complexity index is 627. The maximum absolute atomic E-state index is 6.09. The topological polar surface area (TPSA) is 37.8 Å². The molecule has 1 aromatic carbocycles. The Labute approximate surface area is 129 Å². The molecule has 0 saturated heterocycles. The largest absolute Gasteiger partial charge is 0.368 e. The molecule has 0 bridgehead atoms. The van der Waals surface area contributed by atoms with Crippen LogP contribution in [0, 0.1) is 13.8 Å². The fourth-order valence-electron chi connectivity index (χ4n) is 1.81. The van der Waals surface area contributed by atoms with E-state index in [1.165, 1.54) is 0 Å². The summed E-state index contributed by atoms with van der Waals surface area (Å²) >= 11 is 12.1. The van der Waals surface area contributed by atoms with Crippen LogP contribution < -0.4 is 5.32 Å². The predicted molar refractivity (Wildman–Crippen MR) is 85.7 cm³/mol. The van der Waals surface area contributed by atoms with Crippen molar-refractivity contribution in [3.05, 3.63) is 39.6 Å². The normalized spacial score (nSPS) is 10.7. The van der Waals surface area contributed by atoms with Crippen LogP contribution in [-0.2, 0) is 0 Å². The van der Waals surface area contributed by atoms with Crippen molar-refractivity contribution in [2.75, 3.05) is 11.9 Å². The van der Waals surface area contributed by atoms with Gasteiger partial charge in [-0.05, 0) is 32.4 Å². The summed E-state index contributed by atoms with van der Waals surface area (Å²) in [5, 5.41) is 4.37. The average molecular weight is 310 g/mol. The third-order valence-electron chi connectivity index (χ3n) is 3.04. The third kappa shape index (κ3) is 3.22. The zero-order valence-electron chi connectivity index (χ0n) is 11.8. The quantitative estimate of drug-likeness (QED) is 0.873. The van der Waals surface area contributed by atoms with Crippen molar-refractivity contribution in [2.24, 2.45) is 0 Å². The molecule has 0 aliphatic heterocycles. The molecule has 0 aliphatic carbocycles. The number of hydrogen-bond donors (Lipinski definition) is 1. The van der Waals surface area contributed by atoms with Crippen molar-refractivity contribution in [2.45, 2.75) is 27.2 Å². The highest BCUT2D eigenvalue weighted by molar-refractivity contribution is 6.42. The van der Waals surface area contributed by atoms with Crippen molar-refractivity contribution in [1.82, 2.24) is 9.97 Å². The molecule has 2 aromatic rings. The van der Waals surface area contributed by atoms with E-state index in [1.807, 2.05) is 26.0 Å². The number of aromatic nitrogens is 2. The van der Waals surface area contributed by atoms with Gasteiger partial charge in [0.05, 0.1) is 21.4 Å². The van der Waals surface area contributed by atoms with Crippen LogP contribution in [0.4, 0.5) is 5.82 Å². The summed E-state index contributed by atoms with van der Waals surface area (Å²) < 4.78 is 0. The minimum atomic E-state index is 0.519. The first-order valence-corrected chi connectivity index (χ1v) is 7.33. The average Bonchev–Trinajstić information content (AvgIpc) is 2.43. The first-order valence-electron chi connectivity index (χ1n) is 6.57. The minimum Gasteiger partial charge on any atom is -0.368 e. The number of benzene rings is 1. The highest BCUT2D eigenvalue weighted by atomic mass is 35.5. The number of anilines is 1. The summed E-state index contributed by atoms with van der Waals surface area (Å²) in [6.07, 6.45) is 1.02. The van der Waals surface area contributed by atoms with E-state index in [2.05, 4.69) is 22.2 Å². The molecule has 0 radical (unpaired) electrons. The molecule has 0 atom stereocenters. The number of rotatable bonds is 4. The summed E-state index contributed by atoms with van der Waals surface area (Å²) in [6.45, 7) is 6.87. The van der Waals surface area contributed by atoms with Gasteiger partial charge in [-0.3, -0.25) is 0 Å². The fraction of sp³-hybridized carbons (Fsp3) is 0.333. The maximum Gasteiger partial charge on any atom is 0.152 e. The lowest BCUT2D eigenvalue weighted by molar-refractivity contribution is 0.953. The smallest absolute Gasteiger partial charge is 0.152 e. The highest BCUT2D eigenvalue weighted by Crippen LogP contribution is 2.31. The van der Waals surface area contributed by atoms with E-state index in [9.17, 15) is 0 Å². The lowest BCUT2D eigenvalue weighted by Crippen LogP contribution is -2.07. The Morgan fingerprint density at radius 2 is 1.75 bits per heavy atom.